The van der Waals surface area contributed by atoms with Gasteiger partial charge in [-0.3, -0.25) is 0 Å². The van der Waals surface area contributed by atoms with Crippen molar-refractivity contribution < 1.29 is 9.18 Å². The molecule has 2 amide bonds. The second-order valence-electron chi connectivity index (χ2n) is 7.31. The van der Waals surface area contributed by atoms with E-state index in [4.69, 9.17) is 0 Å². The Balaban J connectivity index is 1.59. The summed E-state index contributed by atoms with van der Waals surface area (Å²) in [6.07, 6.45) is 3.78. The maximum absolute atomic E-state index is 13.1. The molecular weight excluding hydrogens is 329 g/mol. The molecule has 3 rings (SSSR count). The molecule has 4 nitrogen and oxygen atoms in total. The van der Waals surface area contributed by atoms with Crippen LogP contribution in [0.1, 0.15) is 38.7 Å². The quantitative estimate of drug-likeness (QED) is 0.821. The number of nitrogens with zero attached hydrogens (tertiary/aromatic N) is 1. The monoisotopic (exact) mass is 355 g/mol. The van der Waals surface area contributed by atoms with E-state index in [1.54, 1.807) is 12.1 Å². The van der Waals surface area contributed by atoms with Crippen molar-refractivity contribution in [1.82, 2.24) is 5.32 Å². The molecule has 0 spiro atoms. The van der Waals surface area contributed by atoms with E-state index in [1.807, 2.05) is 38.1 Å². The second kappa shape index (κ2) is 7.77. The van der Waals surface area contributed by atoms with Gasteiger partial charge in [0, 0.05) is 24.5 Å². The molecule has 1 fully saturated rings. The van der Waals surface area contributed by atoms with Gasteiger partial charge in [-0.1, -0.05) is 12.1 Å². The molecule has 26 heavy (non-hydrogen) atoms. The van der Waals surface area contributed by atoms with E-state index in [-0.39, 0.29) is 11.8 Å². The first-order valence-electron chi connectivity index (χ1n) is 9.14. The lowest BCUT2D eigenvalue weighted by Gasteiger charge is -2.29. The second-order valence-corrected chi connectivity index (χ2v) is 7.31. The third-order valence-electron chi connectivity index (χ3n) is 4.84. The minimum Gasteiger partial charge on any atom is -0.372 e. The molecule has 1 aliphatic heterocycles. The SMILES string of the molecule is CC(C)(NC(=O)Nc1ccc(N2CCCCC2)cc1)c1ccc(F)cc1. The number of amides is 2. The van der Waals surface area contributed by atoms with Crippen molar-refractivity contribution in [3.63, 3.8) is 0 Å². The Labute approximate surface area is 154 Å². The van der Waals surface area contributed by atoms with Gasteiger partial charge in [0.2, 0.25) is 0 Å². The molecule has 5 heteroatoms. The van der Waals surface area contributed by atoms with Crippen molar-refractivity contribution in [1.29, 1.82) is 0 Å². The third-order valence-corrected chi connectivity index (χ3v) is 4.84. The van der Waals surface area contributed by atoms with Crippen LogP contribution < -0.4 is 15.5 Å². The van der Waals surface area contributed by atoms with Gasteiger partial charge in [-0.25, -0.2) is 9.18 Å². The number of hydrogen-bond donors (Lipinski definition) is 2. The first-order valence-corrected chi connectivity index (χ1v) is 9.14. The molecule has 1 aliphatic rings. The maximum Gasteiger partial charge on any atom is 0.319 e. The van der Waals surface area contributed by atoms with Crippen LogP contribution >= 0.6 is 0 Å². The van der Waals surface area contributed by atoms with E-state index in [0.717, 1.165) is 24.3 Å². The molecular formula is C21H26FN3O. The largest absolute Gasteiger partial charge is 0.372 e. The summed E-state index contributed by atoms with van der Waals surface area (Å²) < 4.78 is 13.1. The Morgan fingerprint density at radius 3 is 2.19 bits per heavy atom. The van der Waals surface area contributed by atoms with Crippen LogP contribution in [0.2, 0.25) is 0 Å². The molecule has 0 bridgehead atoms. The number of nitrogens with one attached hydrogen (secondary N) is 2. The van der Waals surface area contributed by atoms with Gasteiger partial charge >= 0.3 is 6.03 Å². The van der Waals surface area contributed by atoms with E-state index in [2.05, 4.69) is 15.5 Å². The summed E-state index contributed by atoms with van der Waals surface area (Å²) in [4.78, 5) is 14.7. The van der Waals surface area contributed by atoms with Crippen LogP contribution in [-0.2, 0) is 5.54 Å². The van der Waals surface area contributed by atoms with Crippen molar-refractivity contribution >= 4 is 17.4 Å². The molecule has 0 radical (unpaired) electrons. The van der Waals surface area contributed by atoms with Crippen LogP contribution in [-0.4, -0.2) is 19.1 Å². The van der Waals surface area contributed by atoms with Crippen molar-refractivity contribution in [2.24, 2.45) is 0 Å². The number of rotatable bonds is 4. The average molecular weight is 355 g/mol. The highest BCUT2D eigenvalue weighted by Crippen LogP contribution is 2.23. The number of carbonyl (C=O) groups excluding carboxylic acids is 1. The van der Waals surface area contributed by atoms with Crippen molar-refractivity contribution in [3.8, 4) is 0 Å². The highest BCUT2D eigenvalue weighted by molar-refractivity contribution is 5.90. The number of benzene rings is 2. The predicted molar refractivity (Wildman–Crippen MR) is 104 cm³/mol. The number of hydrogen-bond acceptors (Lipinski definition) is 2. The lowest BCUT2D eigenvalue weighted by atomic mass is 9.94. The fourth-order valence-corrected chi connectivity index (χ4v) is 3.29. The summed E-state index contributed by atoms with van der Waals surface area (Å²) in [6, 6.07) is 13.8. The molecule has 0 atom stereocenters. The van der Waals surface area contributed by atoms with Gasteiger partial charge in [0.15, 0.2) is 0 Å². The van der Waals surface area contributed by atoms with E-state index in [1.165, 1.54) is 37.1 Å². The minimum absolute atomic E-state index is 0.287. The number of carbonyl (C=O) groups is 1. The molecule has 0 saturated carbocycles. The summed E-state index contributed by atoms with van der Waals surface area (Å²) in [5.41, 5.74) is 2.18. The van der Waals surface area contributed by atoms with Gasteiger partial charge < -0.3 is 15.5 Å². The molecule has 0 unspecified atom stereocenters. The molecule has 2 aromatic rings. The third kappa shape index (κ3) is 4.54. The Kier molecular flexibility index (Phi) is 5.45. The average Bonchev–Trinajstić information content (AvgIpc) is 2.63. The van der Waals surface area contributed by atoms with Gasteiger partial charge in [0.05, 0.1) is 5.54 Å². The van der Waals surface area contributed by atoms with Gasteiger partial charge in [0.1, 0.15) is 5.82 Å². The smallest absolute Gasteiger partial charge is 0.319 e. The van der Waals surface area contributed by atoms with Crippen molar-refractivity contribution in [2.45, 2.75) is 38.6 Å². The fourth-order valence-electron chi connectivity index (χ4n) is 3.29. The topological polar surface area (TPSA) is 44.4 Å². The van der Waals surface area contributed by atoms with Crippen LogP contribution in [0.15, 0.2) is 48.5 Å². The van der Waals surface area contributed by atoms with Crippen LogP contribution in [0, 0.1) is 5.82 Å². The number of urea groups is 1. The fraction of sp³-hybridized carbons (Fsp3) is 0.381. The molecule has 2 N–H and O–H groups in total. The first-order chi connectivity index (χ1) is 12.4. The molecule has 1 saturated heterocycles. The minimum atomic E-state index is -0.606. The van der Waals surface area contributed by atoms with E-state index in [9.17, 15) is 9.18 Å². The Morgan fingerprint density at radius 1 is 0.962 bits per heavy atom. The van der Waals surface area contributed by atoms with Crippen LogP contribution in [0.4, 0.5) is 20.6 Å². The first kappa shape index (κ1) is 18.2. The van der Waals surface area contributed by atoms with E-state index < -0.39 is 5.54 Å². The maximum atomic E-state index is 13.1. The van der Waals surface area contributed by atoms with Gasteiger partial charge in [-0.2, -0.15) is 0 Å². The highest BCUT2D eigenvalue weighted by Gasteiger charge is 2.23. The summed E-state index contributed by atoms with van der Waals surface area (Å²) in [7, 11) is 0. The Bertz CT molecular complexity index is 735. The van der Waals surface area contributed by atoms with Crippen LogP contribution in [0.3, 0.4) is 0 Å². The summed E-state index contributed by atoms with van der Waals surface area (Å²) in [5, 5.41) is 5.80. The molecule has 138 valence electrons. The Hall–Kier alpha value is -2.56. The normalized spacial score (nSPS) is 14.8. The van der Waals surface area contributed by atoms with Crippen LogP contribution in [0.5, 0.6) is 0 Å². The van der Waals surface area contributed by atoms with Gasteiger partial charge in [0.25, 0.3) is 0 Å². The van der Waals surface area contributed by atoms with Gasteiger partial charge in [-0.15, -0.1) is 0 Å². The zero-order chi connectivity index (χ0) is 18.6. The Morgan fingerprint density at radius 2 is 1.58 bits per heavy atom. The van der Waals surface area contributed by atoms with Crippen molar-refractivity contribution in [3.05, 3.63) is 59.9 Å². The van der Waals surface area contributed by atoms with Gasteiger partial charge in [-0.05, 0) is 75.1 Å². The summed E-state index contributed by atoms with van der Waals surface area (Å²) in [5.74, 6) is -0.289. The lowest BCUT2D eigenvalue weighted by molar-refractivity contribution is 0.242. The predicted octanol–water partition coefficient (Wildman–Crippen LogP) is 4.87. The highest BCUT2D eigenvalue weighted by atomic mass is 19.1. The number of anilines is 2. The standard InChI is InChI=1S/C21H26FN3O/c1-21(2,16-6-8-17(22)9-7-16)24-20(26)23-18-10-12-19(13-11-18)25-14-4-3-5-15-25/h6-13H,3-5,14-15H2,1-2H3,(H2,23,24,26). The van der Waals surface area contributed by atoms with Crippen LogP contribution in [0.25, 0.3) is 0 Å². The zero-order valence-corrected chi connectivity index (χ0v) is 15.4. The molecule has 0 aliphatic carbocycles. The zero-order valence-electron chi connectivity index (χ0n) is 15.4. The molecule has 0 aromatic heterocycles. The number of halogens is 1. The van der Waals surface area contributed by atoms with E-state index >= 15 is 0 Å². The summed E-state index contributed by atoms with van der Waals surface area (Å²) >= 11 is 0. The lowest BCUT2D eigenvalue weighted by Crippen LogP contribution is -2.43. The molecule has 2 aromatic carbocycles. The van der Waals surface area contributed by atoms with E-state index in [0.29, 0.717) is 0 Å². The van der Waals surface area contributed by atoms with Crippen molar-refractivity contribution in [2.75, 3.05) is 23.3 Å². The molecule has 1 heterocycles. The summed E-state index contributed by atoms with van der Waals surface area (Å²) in [6.45, 7) is 5.97. The number of piperidine rings is 1.